The second-order valence-electron chi connectivity index (χ2n) is 7.04. The van der Waals surface area contributed by atoms with Gasteiger partial charge in [0.15, 0.2) is 0 Å². The van der Waals surface area contributed by atoms with Gasteiger partial charge in [0, 0.05) is 22.5 Å². The molecule has 6 nitrogen and oxygen atoms in total. The molecule has 0 aromatic heterocycles. The first-order valence-electron chi connectivity index (χ1n) is 9.46. The summed E-state index contributed by atoms with van der Waals surface area (Å²) >= 11 is 3.38. The number of fused-ring (bicyclic) bond motifs is 1. The number of methoxy groups -OCH3 is 1. The molecule has 0 saturated heterocycles. The van der Waals surface area contributed by atoms with Gasteiger partial charge >= 0.3 is 5.97 Å². The zero-order valence-electron chi connectivity index (χ0n) is 16.1. The first kappa shape index (κ1) is 21.0. The summed E-state index contributed by atoms with van der Waals surface area (Å²) in [6, 6.07) is 14.6. The Kier molecular flexibility index (Phi) is 7.04. The third kappa shape index (κ3) is 5.67. The Labute approximate surface area is 178 Å². The van der Waals surface area contributed by atoms with Gasteiger partial charge in [0.2, 0.25) is 11.8 Å². The predicted molar refractivity (Wildman–Crippen MR) is 113 cm³/mol. The Morgan fingerprint density at radius 1 is 1.21 bits per heavy atom. The van der Waals surface area contributed by atoms with Crippen LogP contribution in [0.15, 0.2) is 53.0 Å². The Hall–Kier alpha value is -2.67. The molecule has 0 spiro atoms. The summed E-state index contributed by atoms with van der Waals surface area (Å²) in [6.07, 6.45) is 1.31. The smallest absolute Gasteiger partial charge is 0.307 e. The van der Waals surface area contributed by atoms with Gasteiger partial charge in [-0.1, -0.05) is 46.3 Å². The quantitative estimate of drug-likeness (QED) is 0.618. The van der Waals surface area contributed by atoms with Crippen LogP contribution in [0.25, 0.3) is 0 Å². The van der Waals surface area contributed by atoms with E-state index in [-0.39, 0.29) is 30.6 Å². The van der Waals surface area contributed by atoms with Crippen molar-refractivity contribution in [3.05, 3.63) is 64.1 Å². The van der Waals surface area contributed by atoms with E-state index in [4.69, 9.17) is 4.74 Å². The number of halogens is 1. The third-order valence-corrected chi connectivity index (χ3v) is 5.57. The molecule has 2 aromatic rings. The van der Waals surface area contributed by atoms with Crippen molar-refractivity contribution in [2.75, 3.05) is 12.4 Å². The molecule has 29 heavy (non-hydrogen) atoms. The maximum absolute atomic E-state index is 12.6. The van der Waals surface area contributed by atoms with Crippen molar-refractivity contribution < 1.29 is 19.1 Å². The number of hydrogen-bond acceptors (Lipinski definition) is 4. The summed E-state index contributed by atoms with van der Waals surface area (Å²) in [7, 11) is 1.32. The topological polar surface area (TPSA) is 84.5 Å². The van der Waals surface area contributed by atoms with Crippen LogP contribution in [-0.2, 0) is 25.5 Å². The molecular formula is C22H23BrN2O4. The average molecular weight is 459 g/mol. The number of anilines is 1. The van der Waals surface area contributed by atoms with E-state index in [1.165, 1.54) is 7.11 Å². The van der Waals surface area contributed by atoms with Gasteiger partial charge in [-0.25, -0.2) is 0 Å². The second-order valence-corrected chi connectivity index (χ2v) is 7.95. The molecule has 2 amide bonds. The van der Waals surface area contributed by atoms with Crippen molar-refractivity contribution in [1.29, 1.82) is 0 Å². The fourth-order valence-electron chi connectivity index (χ4n) is 3.42. The summed E-state index contributed by atoms with van der Waals surface area (Å²) in [5.74, 6) is -0.909. The fourth-order valence-corrected chi connectivity index (χ4v) is 3.68. The van der Waals surface area contributed by atoms with Gasteiger partial charge in [0.1, 0.15) is 0 Å². The van der Waals surface area contributed by atoms with Gasteiger partial charge in [-0.2, -0.15) is 0 Å². The minimum absolute atomic E-state index is 0.0428. The minimum Gasteiger partial charge on any atom is -0.469 e. The van der Waals surface area contributed by atoms with Gasteiger partial charge in [0.05, 0.1) is 19.6 Å². The monoisotopic (exact) mass is 458 g/mol. The first-order chi connectivity index (χ1) is 14.0. The van der Waals surface area contributed by atoms with Crippen LogP contribution in [-0.4, -0.2) is 24.9 Å². The van der Waals surface area contributed by atoms with Crippen molar-refractivity contribution >= 4 is 39.4 Å². The first-order valence-corrected chi connectivity index (χ1v) is 10.3. The highest BCUT2D eigenvalue weighted by Crippen LogP contribution is 2.28. The molecule has 0 radical (unpaired) electrons. The molecule has 152 valence electrons. The molecular weight excluding hydrogens is 436 g/mol. The number of para-hydroxylation sites is 1. The maximum atomic E-state index is 12.6. The number of esters is 1. The molecule has 1 aliphatic rings. The lowest BCUT2D eigenvalue weighted by atomic mass is 9.89. The highest BCUT2D eigenvalue weighted by molar-refractivity contribution is 9.10. The highest BCUT2D eigenvalue weighted by atomic mass is 79.9. The minimum atomic E-state index is -0.482. The zero-order chi connectivity index (χ0) is 20.8. The van der Waals surface area contributed by atoms with Gasteiger partial charge in [0.25, 0.3) is 0 Å². The molecule has 1 heterocycles. The molecule has 0 bridgehead atoms. The van der Waals surface area contributed by atoms with Crippen LogP contribution < -0.4 is 10.6 Å². The summed E-state index contributed by atoms with van der Waals surface area (Å²) in [5.41, 5.74) is 2.74. The molecule has 0 saturated carbocycles. The summed E-state index contributed by atoms with van der Waals surface area (Å²) in [6.45, 7) is 0. The van der Waals surface area contributed by atoms with E-state index in [1.54, 1.807) is 0 Å². The van der Waals surface area contributed by atoms with E-state index in [0.29, 0.717) is 12.8 Å². The Morgan fingerprint density at radius 2 is 1.93 bits per heavy atom. The molecule has 0 aliphatic carbocycles. The Bertz CT molecular complexity index is 898. The van der Waals surface area contributed by atoms with Crippen LogP contribution in [0, 0.1) is 5.92 Å². The van der Waals surface area contributed by atoms with Crippen molar-refractivity contribution in [2.45, 2.75) is 31.7 Å². The van der Waals surface area contributed by atoms with Crippen LogP contribution in [0.1, 0.15) is 36.4 Å². The molecule has 1 aliphatic heterocycles. The third-order valence-electron chi connectivity index (χ3n) is 5.04. The Balaban J connectivity index is 1.60. The predicted octanol–water partition coefficient (Wildman–Crippen LogP) is 3.76. The van der Waals surface area contributed by atoms with Crippen molar-refractivity contribution in [2.24, 2.45) is 5.92 Å². The van der Waals surface area contributed by atoms with Gasteiger partial charge in [-0.05, 0) is 42.2 Å². The number of hydrogen-bond donors (Lipinski definition) is 2. The van der Waals surface area contributed by atoms with Gasteiger partial charge < -0.3 is 15.4 Å². The molecule has 2 atom stereocenters. The lowest BCUT2D eigenvalue weighted by Gasteiger charge is -2.25. The SMILES string of the molecule is COC(=O)CC(NC(=O)CCC1Cc2ccccc2NC1=O)c1ccc(Br)cc1. The molecule has 2 unspecified atom stereocenters. The van der Waals surface area contributed by atoms with Gasteiger partial charge in [-0.15, -0.1) is 0 Å². The normalized spacial score (nSPS) is 16.3. The van der Waals surface area contributed by atoms with E-state index in [1.807, 2.05) is 48.5 Å². The fraction of sp³-hybridized carbons (Fsp3) is 0.318. The largest absolute Gasteiger partial charge is 0.469 e. The average Bonchev–Trinajstić information content (AvgIpc) is 2.72. The molecule has 3 rings (SSSR count). The molecule has 0 fully saturated rings. The van der Waals surface area contributed by atoms with Crippen LogP contribution in [0.5, 0.6) is 0 Å². The van der Waals surface area contributed by atoms with Gasteiger partial charge in [-0.3, -0.25) is 14.4 Å². The van der Waals surface area contributed by atoms with Crippen LogP contribution in [0.3, 0.4) is 0 Å². The number of ether oxygens (including phenoxy) is 1. The van der Waals surface area contributed by atoms with Crippen molar-refractivity contribution in [1.82, 2.24) is 5.32 Å². The van der Waals surface area contributed by atoms with Crippen LogP contribution >= 0.6 is 15.9 Å². The van der Waals surface area contributed by atoms with E-state index >= 15 is 0 Å². The molecule has 7 heteroatoms. The lowest BCUT2D eigenvalue weighted by Crippen LogP contribution is -2.33. The Morgan fingerprint density at radius 3 is 2.66 bits per heavy atom. The van der Waals surface area contributed by atoms with E-state index in [9.17, 15) is 14.4 Å². The maximum Gasteiger partial charge on any atom is 0.307 e. The molecule has 2 aromatic carbocycles. The van der Waals surface area contributed by atoms with Crippen molar-refractivity contribution in [3.8, 4) is 0 Å². The summed E-state index contributed by atoms with van der Waals surface area (Å²) in [4.78, 5) is 36.6. The van der Waals surface area contributed by atoms with E-state index < -0.39 is 12.0 Å². The number of benzene rings is 2. The zero-order valence-corrected chi connectivity index (χ0v) is 17.7. The summed E-state index contributed by atoms with van der Waals surface area (Å²) in [5, 5.41) is 5.81. The lowest BCUT2D eigenvalue weighted by molar-refractivity contribution is -0.141. The van der Waals surface area contributed by atoms with Crippen molar-refractivity contribution in [3.63, 3.8) is 0 Å². The highest BCUT2D eigenvalue weighted by Gasteiger charge is 2.27. The second kappa shape index (κ2) is 9.69. The standard InChI is InChI=1S/C22H23BrN2O4/c1-29-21(27)13-19(14-6-9-17(23)10-7-14)24-20(26)11-8-16-12-15-4-2-3-5-18(15)25-22(16)28/h2-7,9-10,16,19H,8,11-13H2,1H3,(H,24,26)(H,25,28). The van der Waals surface area contributed by atoms with E-state index in [0.717, 1.165) is 21.3 Å². The number of amides is 2. The summed E-state index contributed by atoms with van der Waals surface area (Å²) < 4.78 is 5.67. The van der Waals surface area contributed by atoms with E-state index in [2.05, 4.69) is 26.6 Å². The molecule has 2 N–H and O–H groups in total. The number of nitrogens with one attached hydrogen (secondary N) is 2. The number of carbonyl (C=O) groups excluding carboxylic acids is 3. The van der Waals surface area contributed by atoms with Crippen LogP contribution in [0.4, 0.5) is 5.69 Å². The number of carbonyl (C=O) groups is 3. The van der Waals surface area contributed by atoms with Crippen LogP contribution in [0.2, 0.25) is 0 Å². The number of rotatable bonds is 7.